The fourth-order valence-corrected chi connectivity index (χ4v) is 2.71. The van der Waals surface area contributed by atoms with E-state index in [1.54, 1.807) is 17.1 Å². The molecule has 0 saturated carbocycles. The molecule has 1 unspecified atom stereocenters. The first-order valence-corrected chi connectivity index (χ1v) is 8.17. The number of carbonyl (C=O) groups excluding carboxylic acids is 1. The summed E-state index contributed by atoms with van der Waals surface area (Å²) in [5.41, 5.74) is 2.64. The van der Waals surface area contributed by atoms with Crippen LogP contribution in [-0.2, 0) is 23.1 Å². The molecule has 0 spiro atoms. The molecule has 1 aliphatic rings. The molecule has 3 heterocycles. The molecule has 7 nitrogen and oxygen atoms in total. The Labute approximate surface area is 141 Å². The van der Waals surface area contributed by atoms with E-state index in [-0.39, 0.29) is 6.10 Å². The minimum Gasteiger partial charge on any atom is -0.447 e. The summed E-state index contributed by atoms with van der Waals surface area (Å²) >= 11 is 0. The van der Waals surface area contributed by atoms with Crippen LogP contribution in [0, 0.1) is 0 Å². The van der Waals surface area contributed by atoms with E-state index >= 15 is 0 Å². The van der Waals surface area contributed by atoms with Gasteiger partial charge in [-0.3, -0.25) is 9.67 Å². The van der Waals surface area contributed by atoms with Gasteiger partial charge in [0.25, 0.3) is 0 Å². The van der Waals surface area contributed by atoms with Crippen LogP contribution in [0.3, 0.4) is 0 Å². The molecule has 1 aliphatic heterocycles. The molecule has 2 aromatic heterocycles. The van der Waals surface area contributed by atoms with Crippen LogP contribution in [0.15, 0.2) is 30.7 Å². The molecule has 3 rings (SSSR count). The van der Waals surface area contributed by atoms with Crippen molar-refractivity contribution in [3.05, 3.63) is 36.3 Å². The highest BCUT2D eigenvalue weighted by Crippen LogP contribution is 2.20. The van der Waals surface area contributed by atoms with Crippen molar-refractivity contribution >= 4 is 6.09 Å². The first-order valence-electron chi connectivity index (χ1n) is 8.17. The predicted molar refractivity (Wildman–Crippen MR) is 88.2 cm³/mol. The van der Waals surface area contributed by atoms with E-state index in [2.05, 4.69) is 15.4 Å². The second-order valence-corrected chi connectivity index (χ2v) is 5.85. The molecule has 0 bridgehead atoms. The molecule has 0 aliphatic carbocycles. The second-order valence-electron chi connectivity index (χ2n) is 5.85. The summed E-state index contributed by atoms with van der Waals surface area (Å²) in [6.07, 6.45) is 8.11. The first kappa shape index (κ1) is 16.4. The minimum atomic E-state index is -0.440. The van der Waals surface area contributed by atoms with Gasteiger partial charge in [0.2, 0.25) is 0 Å². The third-order valence-electron chi connectivity index (χ3n) is 3.97. The third-order valence-corrected chi connectivity index (χ3v) is 3.97. The van der Waals surface area contributed by atoms with Gasteiger partial charge in [-0.1, -0.05) is 6.07 Å². The Kier molecular flexibility index (Phi) is 5.43. The van der Waals surface area contributed by atoms with Gasteiger partial charge in [-0.25, -0.2) is 4.79 Å². The molecule has 1 amide bonds. The van der Waals surface area contributed by atoms with E-state index in [1.807, 2.05) is 25.4 Å². The maximum Gasteiger partial charge on any atom is 0.407 e. The minimum absolute atomic E-state index is 0.0221. The van der Waals surface area contributed by atoms with Crippen LogP contribution in [0.4, 0.5) is 4.79 Å². The molecule has 1 saturated heterocycles. The van der Waals surface area contributed by atoms with Gasteiger partial charge in [0, 0.05) is 38.2 Å². The molecule has 1 fully saturated rings. The largest absolute Gasteiger partial charge is 0.447 e. The smallest absolute Gasteiger partial charge is 0.407 e. The van der Waals surface area contributed by atoms with Crippen LogP contribution in [-0.4, -0.2) is 40.2 Å². The Balaban J connectivity index is 1.53. The van der Waals surface area contributed by atoms with E-state index in [4.69, 9.17) is 9.47 Å². The topological polar surface area (TPSA) is 78.3 Å². The van der Waals surface area contributed by atoms with Crippen LogP contribution >= 0.6 is 0 Å². The van der Waals surface area contributed by atoms with E-state index in [9.17, 15) is 4.79 Å². The molecule has 24 heavy (non-hydrogen) atoms. The number of rotatable bonds is 5. The number of aromatic nitrogens is 3. The summed E-state index contributed by atoms with van der Waals surface area (Å²) in [5, 5.41) is 6.93. The number of hydrogen-bond acceptors (Lipinski definition) is 5. The average Bonchev–Trinajstić information content (AvgIpc) is 3.05. The van der Waals surface area contributed by atoms with Gasteiger partial charge in [-0.05, 0) is 30.9 Å². The monoisotopic (exact) mass is 330 g/mol. The van der Waals surface area contributed by atoms with Crippen LogP contribution in [0.2, 0.25) is 0 Å². The number of ether oxygens (including phenoxy) is 2. The fourth-order valence-electron chi connectivity index (χ4n) is 2.71. The number of aryl methyl sites for hydroxylation is 1. The lowest BCUT2D eigenvalue weighted by Crippen LogP contribution is -2.30. The maximum atomic E-state index is 11.9. The van der Waals surface area contributed by atoms with Crippen molar-refractivity contribution < 1.29 is 14.3 Å². The van der Waals surface area contributed by atoms with Crippen molar-refractivity contribution in [1.82, 2.24) is 20.1 Å². The molecule has 2 aromatic rings. The number of alkyl carbamates (subject to hydrolysis) is 1. The molecule has 1 N–H and O–H groups in total. The Bertz CT molecular complexity index is 680. The number of nitrogens with one attached hydrogen (secondary N) is 1. The van der Waals surface area contributed by atoms with E-state index in [1.165, 1.54) is 0 Å². The van der Waals surface area contributed by atoms with Crippen molar-refractivity contribution in [2.75, 3.05) is 13.2 Å². The first-order chi connectivity index (χ1) is 11.7. The van der Waals surface area contributed by atoms with Gasteiger partial charge < -0.3 is 14.8 Å². The zero-order valence-corrected chi connectivity index (χ0v) is 13.8. The molecule has 1 atom stereocenters. The number of nitrogens with zero attached hydrogens (tertiary/aromatic N) is 3. The molecule has 7 heteroatoms. The number of amides is 1. The third kappa shape index (κ3) is 4.32. The van der Waals surface area contributed by atoms with E-state index < -0.39 is 6.09 Å². The van der Waals surface area contributed by atoms with Crippen LogP contribution in [0.1, 0.15) is 24.8 Å². The van der Waals surface area contributed by atoms with Crippen molar-refractivity contribution in [2.24, 2.45) is 7.05 Å². The lowest BCUT2D eigenvalue weighted by Gasteiger charge is -2.22. The standard InChI is InChI=1S/C17H22N4O3/c1-21-11-14(10-20-21)16-13(5-4-7-18-16)9-19-17(22)24-12-15-6-2-3-8-23-15/h4-5,7,10-11,15H,2-3,6,8-9,12H2,1H3,(H,19,22). The van der Waals surface area contributed by atoms with Crippen molar-refractivity contribution in [3.8, 4) is 11.3 Å². The molecule has 0 radical (unpaired) electrons. The van der Waals surface area contributed by atoms with Crippen molar-refractivity contribution in [3.63, 3.8) is 0 Å². The van der Waals surface area contributed by atoms with E-state index in [0.717, 1.165) is 42.7 Å². The molecule has 128 valence electrons. The number of carbonyl (C=O) groups is 1. The summed E-state index contributed by atoms with van der Waals surface area (Å²) in [7, 11) is 1.86. The second kappa shape index (κ2) is 7.92. The van der Waals surface area contributed by atoms with Crippen molar-refractivity contribution in [2.45, 2.75) is 31.9 Å². The molecular weight excluding hydrogens is 308 g/mol. The quantitative estimate of drug-likeness (QED) is 0.910. The van der Waals surface area contributed by atoms with Gasteiger partial charge >= 0.3 is 6.09 Å². The zero-order chi connectivity index (χ0) is 16.8. The number of hydrogen-bond donors (Lipinski definition) is 1. The van der Waals surface area contributed by atoms with Crippen LogP contribution in [0.5, 0.6) is 0 Å². The highest BCUT2D eigenvalue weighted by molar-refractivity contribution is 5.68. The molecular formula is C17H22N4O3. The Morgan fingerprint density at radius 1 is 1.50 bits per heavy atom. The Hall–Kier alpha value is -2.41. The van der Waals surface area contributed by atoms with Gasteiger partial charge in [0.05, 0.1) is 18.0 Å². The summed E-state index contributed by atoms with van der Waals surface area (Å²) in [4.78, 5) is 16.3. The lowest BCUT2D eigenvalue weighted by atomic mass is 10.1. The van der Waals surface area contributed by atoms with E-state index in [0.29, 0.717) is 13.2 Å². The Morgan fingerprint density at radius 2 is 2.42 bits per heavy atom. The highest BCUT2D eigenvalue weighted by atomic mass is 16.6. The van der Waals surface area contributed by atoms with Crippen molar-refractivity contribution in [1.29, 1.82) is 0 Å². The number of pyridine rings is 1. The normalized spacial score (nSPS) is 17.5. The summed E-state index contributed by atoms with van der Waals surface area (Å²) in [6.45, 7) is 1.40. The van der Waals surface area contributed by atoms with Crippen LogP contribution in [0.25, 0.3) is 11.3 Å². The SMILES string of the molecule is Cn1cc(-c2ncccc2CNC(=O)OCC2CCCCO2)cn1. The summed E-state index contributed by atoms with van der Waals surface area (Å²) in [5.74, 6) is 0. The Morgan fingerprint density at radius 3 is 3.17 bits per heavy atom. The van der Waals surface area contributed by atoms with Gasteiger partial charge in [0.15, 0.2) is 0 Å². The average molecular weight is 330 g/mol. The van der Waals surface area contributed by atoms with Gasteiger partial charge in [0.1, 0.15) is 6.61 Å². The zero-order valence-electron chi connectivity index (χ0n) is 13.8. The molecule has 0 aromatic carbocycles. The van der Waals surface area contributed by atoms with Gasteiger partial charge in [-0.15, -0.1) is 0 Å². The summed E-state index contributed by atoms with van der Waals surface area (Å²) < 4.78 is 12.5. The van der Waals surface area contributed by atoms with Crippen LogP contribution < -0.4 is 5.32 Å². The maximum absolute atomic E-state index is 11.9. The highest BCUT2D eigenvalue weighted by Gasteiger charge is 2.16. The fraction of sp³-hybridized carbons (Fsp3) is 0.471. The predicted octanol–water partition coefficient (Wildman–Crippen LogP) is 2.28. The van der Waals surface area contributed by atoms with Gasteiger partial charge in [-0.2, -0.15) is 5.10 Å². The summed E-state index contributed by atoms with van der Waals surface area (Å²) in [6, 6.07) is 3.78. The lowest BCUT2D eigenvalue weighted by molar-refractivity contribution is -0.0223.